The quantitative estimate of drug-likeness (QED) is 0.760. The molecule has 0 bridgehead atoms. The molecule has 1 aliphatic rings. The third-order valence-corrected chi connectivity index (χ3v) is 7.05. The minimum Gasteiger partial charge on any atom is -0.497 e. The molecule has 152 valence electrons. The van der Waals surface area contributed by atoms with Crippen molar-refractivity contribution in [3.8, 4) is 11.5 Å². The number of methoxy groups -OCH3 is 2. The molecular weight excluding hydrogens is 404 g/mol. The van der Waals surface area contributed by atoms with Gasteiger partial charge in [0.25, 0.3) is 10.0 Å². The molecule has 1 N–H and O–H groups in total. The van der Waals surface area contributed by atoms with Crippen LogP contribution < -0.4 is 18.5 Å². The number of aryl methyl sites for hydroxylation is 1. The number of rotatable bonds is 6. The van der Waals surface area contributed by atoms with E-state index >= 15 is 0 Å². The van der Waals surface area contributed by atoms with Crippen LogP contribution in [0.4, 0.5) is 11.4 Å². The fourth-order valence-corrected chi connectivity index (χ4v) is 5.41. The summed E-state index contributed by atoms with van der Waals surface area (Å²) < 4.78 is 63.9. The van der Waals surface area contributed by atoms with Crippen LogP contribution in [0.25, 0.3) is 0 Å². The first kappa shape index (κ1) is 20.3. The van der Waals surface area contributed by atoms with Gasteiger partial charge in [-0.3, -0.25) is 9.03 Å². The Labute approximate surface area is 165 Å². The number of ether oxygens (including phenoxy) is 2. The molecule has 0 spiro atoms. The predicted molar refractivity (Wildman–Crippen MR) is 107 cm³/mol. The minimum absolute atomic E-state index is 0.0511. The number of fused-ring (bicyclic) bond motifs is 1. The fraction of sp³-hybridized carbons (Fsp3) is 0.333. The zero-order valence-corrected chi connectivity index (χ0v) is 17.4. The summed E-state index contributed by atoms with van der Waals surface area (Å²) in [6.07, 6.45) is 2.49. The van der Waals surface area contributed by atoms with E-state index in [4.69, 9.17) is 9.47 Å². The number of anilines is 2. The van der Waals surface area contributed by atoms with Crippen LogP contribution in [0.15, 0.2) is 41.3 Å². The molecule has 0 unspecified atom stereocenters. The molecule has 1 aliphatic heterocycles. The van der Waals surface area contributed by atoms with Crippen LogP contribution in [0.5, 0.6) is 11.5 Å². The van der Waals surface area contributed by atoms with Crippen molar-refractivity contribution in [3.63, 3.8) is 0 Å². The van der Waals surface area contributed by atoms with Crippen LogP contribution >= 0.6 is 0 Å². The summed E-state index contributed by atoms with van der Waals surface area (Å²) in [6.45, 7) is 0.415. The molecule has 0 saturated heterocycles. The van der Waals surface area contributed by atoms with E-state index in [1.54, 1.807) is 24.3 Å². The fourth-order valence-electron chi connectivity index (χ4n) is 3.17. The van der Waals surface area contributed by atoms with Crippen LogP contribution in [-0.2, 0) is 26.5 Å². The van der Waals surface area contributed by atoms with Crippen LogP contribution in [0, 0.1) is 0 Å². The minimum atomic E-state index is -3.94. The second-order valence-electron chi connectivity index (χ2n) is 6.40. The molecular formula is C18H22N2O6S2. The van der Waals surface area contributed by atoms with Crippen molar-refractivity contribution in [3.05, 3.63) is 42.0 Å². The Morgan fingerprint density at radius 1 is 1.00 bits per heavy atom. The Kier molecular flexibility index (Phi) is 5.44. The molecule has 0 amide bonds. The second-order valence-corrected chi connectivity index (χ2v) is 9.96. The van der Waals surface area contributed by atoms with Crippen LogP contribution in [0.3, 0.4) is 0 Å². The first-order valence-corrected chi connectivity index (χ1v) is 11.8. The van der Waals surface area contributed by atoms with Crippen molar-refractivity contribution in [2.24, 2.45) is 0 Å². The van der Waals surface area contributed by atoms with Gasteiger partial charge in [0.2, 0.25) is 10.0 Å². The van der Waals surface area contributed by atoms with Gasteiger partial charge in [0, 0.05) is 18.3 Å². The van der Waals surface area contributed by atoms with Crippen molar-refractivity contribution in [1.29, 1.82) is 0 Å². The molecule has 10 heteroatoms. The lowest BCUT2D eigenvalue weighted by molar-refractivity contribution is 0.392. The van der Waals surface area contributed by atoms with E-state index in [-0.39, 0.29) is 10.6 Å². The molecule has 0 saturated carbocycles. The molecule has 1 heterocycles. The molecule has 28 heavy (non-hydrogen) atoms. The first-order valence-electron chi connectivity index (χ1n) is 8.51. The highest BCUT2D eigenvalue weighted by atomic mass is 32.2. The lowest BCUT2D eigenvalue weighted by Crippen LogP contribution is -2.34. The molecule has 2 aromatic rings. The van der Waals surface area contributed by atoms with Crippen molar-refractivity contribution in [2.75, 3.05) is 36.0 Å². The molecule has 2 aromatic carbocycles. The Bertz CT molecular complexity index is 1100. The maximum Gasteiger partial charge on any atom is 0.265 e. The monoisotopic (exact) mass is 426 g/mol. The van der Waals surface area contributed by atoms with Gasteiger partial charge < -0.3 is 9.47 Å². The topological polar surface area (TPSA) is 102 Å². The summed E-state index contributed by atoms with van der Waals surface area (Å²) in [4.78, 5) is -0.0511. The Hall–Kier alpha value is -2.46. The highest BCUT2D eigenvalue weighted by Crippen LogP contribution is 2.33. The zero-order valence-electron chi connectivity index (χ0n) is 15.8. The Morgan fingerprint density at radius 2 is 1.75 bits per heavy atom. The lowest BCUT2D eigenvalue weighted by Gasteiger charge is -2.29. The van der Waals surface area contributed by atoms with Gasteiger partial charge in [-0.15, -0.1) is 0 Å². The van der Waals surface area contributed by atoms with Crippen molar-refractivity contribution >= 4 is 31.4 Å². The number of sulfonamides is 2. The van der Waals surface area contributed by atoms with E-state index in [0.29, 0.717) is 36.5 Å². The molecule has 0 aliphatic carbocycles. The number of nitrogens with one attached hydrogen (secondary N) is 1. The van der Waals surface area contributed by atoms with Gasteiger partial charge in [0.05, 0.1) is 26.2 Å². The normalized spacial score (nSPS) is 14.3. The van der Waals surface area contributed by atoms with E-state index in [1.807, 2.05) is 0 Å². The van der Waals surface area contributed by atoms with E-state index in [0.717, 1.165) is 11.8 Å². The van der Waals surface area contributed by atoms with Gasteiger partial charge in [-0.05, 0) is 48.7 Å². The second kappa shape index (κ2) is 7.51. The van der Waals surface area contributed by atoms with E-state index in [1.165, 1.54) is 30.7 Å². The SMILES string of the molecule is COc1ccc(OC)c(S(=O)(=O)Nc2ccc3c(c2)CCCN3S(C)(=O)=O)c1. The maximum atomic E-state index is 12.9. The molecule has 3 rings (SSSR count). The largest absolute Gasteiger partial charge is 0.497 e. The van der Waals surface area contributed by atoms with Gasteiger partial charge in [-0.2, -0.15) is 0 Å². The van der Waals surface area contributed by atoms with Crippen LogP contribution in [0.1, 0.15) is 12.0 Å². The summed E-state index contributed by atoms with van der Waals surface area (Å²) >= 11 is 0. The summed E-state index contributed by atoms with van der Waals surface area (Å²) in [5.41, 5.74) is 1.70. The van der Waals surface area contributed by atoms with E-state index in [9.17, 15) is 16.8 Å². The summed E-state index contributed by atoms with van der Waals surface area (Å²) in [6, 6.07) is 9.34. The van der Waals surface area contributed by atoms with Gasteiger partial charge in [0.15, 0.2) is 0 Å². The summed E-state index contributed by atoms with van der Waals surface area (Å²) in [5.74, 6) is 0.574. The summed E-state index contributed by atoms with van der Waals surface area (Å²) in [7, 11) is -4.49. The molecule has 0 atom stereocenters. The number of nitrogens with zero attached hydrogens (tertiary/aromatic N) is 1. The predicted octanol–water partition coefficient (Wildman–Crippen LogP) is 2.22. The van der Waals surface area contributed by atoms with E-state index in [2.05, 4.69) is 4.72 Å². The standard InChI is InChI=1S/C18H22N2O6S2/c1-25-15-7-9-17(26-2)18(12-15)28(23,24)19-14-6-8-16-13(11-14)5-4-10-20(16)27(3,21)22/h6-9,11-12,19H,4-5,10H2,1-3H3. The number of hydrogen-bond acceptors (Lipinski definition) is 6. The smallest absolute Gasteiger partial charge is 0.265 e. The third-order valence-electron chi connectivity index (χ3n) is 4.47. The van der Waals surface area contributed by atoms with Gasteiger partial charge >= 0.3 is 0 Å². The number of benzene rings is 2. The highest BCUT2D eigenvalue weighted by molar-refractivity contribution is 7.93. The van der Waals surface area contributed by atoms with Gasteiger partial charge in [0.1, 0.15) is 16.4 Å². The van der Waals surface area contributed by atoms with Crippen LogP contribution in [-0.4, -0.2) is 43.9 Å². The molecule has 8 nitrogen and oxygen atoms in total. The summed E-state index contributed by atoms with van der Waals surface area (Å²) in [5, 5.41) is 0. The Balaban J connectivity index is 1.96. The number of hydrogen-bond donors (Lipinski definition) is 1. The van der Waals surface area contributed by atoms with Gasteiger partial charge in [-0.25, -0.2) is 16.8 Å². The van der Waals surface area contributed by atoms with E-state index < -0.39 is 20.0 Å². The molecule has 0 aromatic heterocycles. The maximum absolute atomic E-state index is 12.9. The van der Waals surface area contributed by atoms with Crippen molar-refractivity contribution in [1.82, 2.24) is 0 Å². The first-order chi connectivity index (χ1) is 13.2. The molecule has 0 fully saturated rings. The Morgan fingerprint density at radius 3 is 2.39 bits per heavy atom. The highest BCUT2D eigenvalue weighted by Gasteiger charge is 2.25. The molecule has 0 radical (unpaired) electrons. The van der Waals surface area contributed by atoms with Crippen molar-refractivity contribution in [2.45, 2.75) is 17.7 Å². The average Bonchev–Trinajstić information content (AvgIpc) is 2.65. The zero-order chi connectivity index (χ0) is 20.5. The third kappa shape index (κ3) is 4.02. The van der Waals surface area contributed by atoms with Crippen LogP contribution in [0.2, 0.25) is 0 Å². The van der Waals surface area contributed by atoms with Crippen molar-refractivity contribution < 1.29 is 26.3 Å². The van der Waals surface area contributed by atoms with Gasteiger partial charge in [-0.1, -0.05) is 0 Å². The average molecular weight is 427 g/mol. The lowest BCUT2D eigenvalue weighted by atomic mass is 10.0.